The van der Waals surface area contributed by atoms with Crippen LogP contribution in [0.3, 0.4) is 0 Å². The molecule has 0 aliphatic carbocycles. The van der Waals surface area contributed by atoms with Crippen molar-refractivity contribution in [1.29, 1.82) is 0 Å². The summed E-state index contributed by atoms with van der Waals surface area (Å²) >= 11 is 0. The number of rotatable bonds is 8. The second kappa shape index (κ2) is 9.68. The molecule has 0 spiro atoms. The van der Waals surface area contributed by atoms with Gasteiger partial charge in [-0.05, 0) is 49.2 Å². The first kappa shape index (κ1) is 19.6. The van der Waals surface area contributed by atoms with Crippen LogP contribution in [0.5, 0.6) is 11.5 Å². The topological polar surface area (TPSA) is 68.8 Å². The Bertz CT molecular complexity index is 732. The minimum Gasteiger partial charge on any atom is -0.493 e. The largest absolute Gasteiger partial charge is 0.493 e. The van der Waals surface area contributed by atoms with Gasteiger partial charge in [-0.1, -0.05) is 18.2 Å². The standard InChI is InChI=1S/C20H26N2O4/c1-14(2)26-13-16-6-5-7-17(10-16)22-20(23)21-12-15-8-9-18(24-3)19(11-15)25-4/h5-11,14H,12-13H2,1-4H3,(H2,21,22,23). The van der Waals surface area contributed by atoms with Crippen molar-refractivity contribution in [3.8, 4) is 11.5 Å². The molecule has 0 aromatic heterocycles. The predicted molar refractivity (Wildman–Crippen MR) is 102 cm³/mol. The van der Waals surface area contributed by atoms with Gasteiger partial charge in [0.05, 0.1) is 26.9 Å². The molecule has 0 saturated carbocycles. The van der Waals surface area contributed by atoms with E-state index in [0.717, 1.165) is 16.8 Å². The Hall–Kier alpha value is -2.73. The average molecular weight is 358 g/mol. The van der Waals surface area contributed by atoms with Crippen LogP contribution in [-0.2, 0) is 17.9 Å². The Morgan fingerprint density at radius 2 is 1.77 bits per heavy atom. The fourth-order valence-electron chi connectivity index (χ4n) is 2.35. The second-order valence-electron chi connectivity index (χ2n) is 6.06. The lowest BCUT2D eigenvalue weighted by atomic mass is 10.2. The number of hydrogen-bond acceptors (Lipinski definition) is 4. The molecule has 2 aromatic rings. The monoisotopic (exact) mass is 358 g/mol. The summed E-state index contributed by atoms with van der Waals surface area (Å²) in [6.45, 7) is 4.87. The summed E-state index contributed by atoms with van der Waals surface area (Å²) in [7, 11) is 3.17. The summed E-state index contributed by atoms with van der Waals surface area (Å²) in [4.78, 5) is 12.1. The molecule has 0 unspecified atom stereocenters. The zero-order chi connectivity index (χ0) is 18.9. The van der Waals surface area contributed by atoms with E-state index in [4.69, 9.17) is 14.2 Å². The van der Waals surface area contributed by atoms with Gasteiger partial charge < -0.3 is 24.8 Å². The number of nitrogens with one attached hydrogen (secondary N) is 2. The van der Waals surface area contributed by atoms with Crippen LogP contribution >= 0.6 is 0 Å². The van der Waals surface area contributed by atoms with Crippen LogP contribution in [0, 0.1) is 0 Å². The zero-order valence-electron chi connectivity index (χ0n) is 15.7. The minimum absolute atomic E-state index is 0.163. The van der Waals surface area contributed by atoms with Crippen molar-refractivity contribution in [2.24, 2.45) is 0 Å². The molecule has 0 aliphatic rings. The Balaban J connectivity index is 1.90. The molecule has 2 N–H and O–H groups in total. The van der Waals surface area contributed by atoms with Gasteiger partial charge in [0.2, 0.25) is 0 Å². The van der Waals surface area contributed by atoms with Crippen molar-refractivity contribution in [2.75, 3.05) is 19.5 Å². The van der Waals surface area contributed by atoms with Crippen molar-refractivity contribution in [2.45, 2.75) is 33.1 Å². The molecule has 140 valence electrons. The predicted octanol–water partition coefficient (Wildman–Crippen LogP) is 3.95. The Kier molecular flexibility index (Phi) is 7.29. The van der Waals surface area contributed by atoms with E-state index >= 15 is 0 Å². The molecule has 6 heteroatoms. The van der Waals surface area contributed by atoms with Crippen LogP contribution in [0.1, 0.15) is 25.0 Å². The third-order valence-corrected chi connectivity index (χ3v) is 3.67. The van der Waals surface area contributed by atoms with E-state index in [1.54, 1.807) is 14.2 Å². The van der Waals surface area contributed by atoms with Crippen LogP contribution in [-0.4, -0.2) is 26.4 Å². The molecule has 0 bridgehead atoms. The van der Waals surface area contributed by atoms with Crippen molar-refractivity contribution in [3.05, 3.63) is 53.6 Å². The first-order chi connectivity index (χ1) is 12.5. The maximum absolute atomic E-state index is 12.1. The first-order valence-corrected chi connectivity index (χ1v) is 8.48. The van der Waals surface area contributed by atoms with E-state index in [9.17, 15) is 4.79 Å². The molecule has 0 saturated heterocycles. The van der Waals surface area contributed by atoms with Crippen LogP contribution < -0.4 is 20.1 Å². The highest BCUT2D eigenvalue weighted by Gasteiger charge is 2.07. The van der Waals surface area contributed by atoms with Gasteiger partial charge in [-0.15, -0.1) is 0 Å². The van der Waals surface area contributed by atoms with Crippen LogP contribution in [0.25, 0.3) is 0 Å². The minimum atomic E-state index is -0.276. The lowest BCUT2D eigenvalue weighted by Crippen LogP contribution is -2.28. The Morgan fingerprint density at radius 1 is 1.00 bits per heavy atom. The highest BCUT2D eigenvalue weighted by molar-refractivity contribution is 5.89. The first-order valence-electron chi connectivity index (χ1n) is 8.48. The Labute approximate surface area is 154 Å². The lowest BCUT2D eigenvalue weighted by molar-refractivity contribution is 0.0657. The average Bonchev–Trinajstić information content (AvgIpc) is 2.64. The number of methoxy groups -OCH3 is 2. The van der Waals surface area contributed by atoms with Gasteiger partial charge in [0.1, 0.15) is 0 Å². The SMILES string of the molecule is COc1ccc(CNC(=O)Nc2cccc(COC(C)C)c2)cc1OC. The number of amides is 2. The van der Waals surface area contributed by atoms with Crippen LogP contribution in [0.4, 0.5) is 10.5 Å². The van der Waals surface area contributed by atoms with E-state index in [1.165, 1.54) is 0 Å². The van der Waals surface area contributed by atoms with Gasteiger partial charge in [0.25, 0.3) is 0 Å². The van der Waals surface area contributed by atoms with Crippen molar-refractivity contribution < 1.29 is 19.0 Å². The lowest BCUT2D eigenvalue weighted by Gasteiger charge is -2.12. The summed E-state index contributed by atoms with van der Waals surface area (Å²) in [5.74, 6) is 1.28. The van der Waals surface area contributed by atoms with Crippen molar-refractivity contribution >= 4 is 11.7 Å². The molecule has 2 aromatic carbocycles. The highest BCUT2D eigenvalue weighted by Crippen LogP contribution is 2.27. The number of ether oxygens (including phenoxy) is 3. The maximum Gasteiger partial charge on any atom is 0.319 e. The van der Waals surface area contributed by atoms with Gasteiger partial charge in [-0.25, -0.2) is 4.79 Å². The van der Waals surface area contributed by atoms with E-state index < -0.39 is 0 Å². The summed E-state index contributed by atoms with van der Waals surface area (Å²) < 4.78 is 16.1. The molecule has 6 nitrogen and oxygen atoms in total. The molecule has 0 radical (unpaired) electrons. The highest BCUT2D eigenvalue weighted by atomic mass is 16.5. The zero-order valence-corrected chi connectivity index (χ0v) is 15.7. The van der Waals surface area contributed by atoms with Crippen LogP contribution in [0.15, 0.2) is 42.5 Å². The third-order valence-electron chi connectivity index (χ3n) is 3.67. The van der Waals surface area contributed by atoms with Gasteiger partial charge in [0.15, 0.2) is 11.5 Å². The fraction of sp³-hybridized carbons (Fsp3) is 0.350. The fourth-order valence-corrected chi connectivity index (χ4v) is 2.35. The van der Waals surface area contributed by atoms with E-state index in [0.29, 0.717) is 24.7 Å². The van der Waals surface area contributed by atoms with Gasteiger partial charge in [-0.2, -0.15) is 0 Å². The smallest absolute Gasteiger partial charge is 0.319 e. The summed E-state index contributed by atoms with van der Waals surface area (Å²) in [6, 6.07) is 12.9. The second-order valence-corrected chi connectivity index (χ2v) is 6.06. The molecule has 2 amide bonds. The van der Waals surface area contributed by atoms with E-state index in [1.807, 2.05) is 56.3 Å². The van der Waals surface area contributed by atoms with Crippen molar-refractivity contribution in [1.82, 2.24) is 5.32 Å². The quantitative estimate of drug-likeness (QED) is 0.750. The molecular weight excluding hydrogens is 332 g/mol. The van der Waals surface area contributed by atoms with E-state index in [2.05, 4.69) is 10.6 Å². The molecule has 0 atom stereocenters. The molecule has 26 heavy (non-hydrogen) atoms. The Morgan fingerprint density at radius 3 is 2.46 bits per heavy atom. The normalized spacial score (nSPS) is 10.5. The summed E-state index contributed by atoms with van der Waals surface area (Å²) in [6.07, 6.45) is 0.163. The number of hydrogen-bond donors (Lipinski definition) is 2. The summed E-state index contributed by atoms with van der Waals surface area (Å²) in [5, 5.41) is 5.66. The number of benzene rings is 2. The summed E-state index contributed by atoms with van der Waals surface area (Å²) in [5.41, 5.74) is 2.65. The van der Waals surface area contributed by atoms with Gasteiger partial charge >= 0.3 is 6.03 Å². The van der Waals surface area contributed by atoms with E-state index in [-0.39, 0.29) is 12.1 Å². The molecule has 2 rings (SSSR count). The third kappa shape index (κ3) is 5.97. The van der Waals surface area contributed by atoms with Crippen LogP contribution in [0.2, 0.25) is 0 Å². The number of anilines is 1. The molecular formula is C20H26N2O4. The molecule has 0 heterocycles. The molecule has 0 aliphatic heterocycles. The number of carbonyl (C=O) groups excluding carboxylic acids is 1. The maximum atomic E-state index is 12.1. The number of urea groups is 1. The van der Waals surface area contributed by atoms with Crippen molar-refractivity contribution in [3.63, 3.8) is 0 Å². The van der Waals surface area contributed by atoms with Gasteiger partial charge in [-0.3, -0.25) is 0 Å². The molecule has 0 fully saturated rings. The van der Waals surface area contributed by atoms with Gasteiger partial charge in [0, 0.05) is 12.2 Å². The number of carbonyl (C=O) groups is 1.